The summed E-state index contributed by atoms with van der Waals surface area (Å²) < 4.78 is 0. The van der Waals surface area contributed by atoms with Crippen molar-refractivity contribution >= 4 is 29.3 Å². The molecule has 2 amide bonds. The number of rotatable bonds is 7. The fraction of sp³-hybridized carbons (Fsp3) is 0.393. The van der Waals surface area contributed by atoms with Crippen molar-refractivity contribution in [1.29, 1.82) is 0 Å². The number of fused-ring (bicyclic) bond motifs is 1. The lowest BCUT2D eigenvalue weighted by molar-refractivity contribution is -0.127. The van der Waals surface area contributed by atoms with Gasteiger partial charge in [-0.15, -0.1) is 22.0 Å². The molecule has 10 heteroatoms. The van der Waals surface area contributed by atoms with Crippen LogP contribution in [0.5, 0.6) is 0 Å². The van der Waals surface area contributed by atoms with Gasteiger partial charge in [-0.1, -0.05) is 48.0 Å². The molecule has 2 aromatic carbocycles. The summed E-state index contributed by atoms with van der Waals surface area (Å²) >= 11 is 1.60. The molecule has 2 aliphatic rings. The first-order valence-electron chi connectivity index (χ1n) is 12.9. The van der Waals surface area contributed by atoms with Crippen LogP contribution < -0.4 is 16.0 Å². The number of aromatic amines is 1. The van der Waals surface area contributed by atoms with Gasteiger partial charge in [-0.25, -0.2) is 0 Å². The molecular formula is C28H33N7O2S. The van der Waals surface area contributed by atoms with Gasteiger partial charge >= 0.3 is 0 Å². The molecule has 4 N–H and O–H groups in total. The van der Waals surface area contributed by atoms with Crippen molar-refractivity contribution in [2.24, 2.45) is 5.73 Å². The Bertz CT molecular complexity index is 1330. The minimum absolute atomic E-state index is 0.0869. The second-order valence-corrected chi connectivity index (χ2v) is 11.7. The Morgan fingerprint density at radius 2 is 2.00 bits per heavy atom. The standard InChI is InChI=1S/C28H33N7O2S/c1-28(2,29)15-25(36)30-22-17-38-24-10-6-5-9-23(24)35(27(22)37)16-18-11-13-19(14-12-18)20-7-3-4-8-21(20)26-31-33-34-32-26/h3-11,19,22H,12-17,29H2,1-2H3,(H,30,36)(H,31,32,33,34)/t19?,22-/m1/s1. The maximum Gasteiger partial charge on any atom is 0.250 e. The lowest BCUT2D eigenvalue weighted by Gasteiger charge is -2.30. The molecule has 1 aromatic heterocycles. The van der Waals surface area contributed by atoms with Crippen molar-refractivity contribution in [3.63, 3.8) is 0 Å². The van der Waals surface area contributed by atoms with Crippen LogP contribution in [0.1, 0.15) is 51.0 Å². The number of aromatic nitrogens is 4. The van der Waals surface area contributed by atoms with E-state index in [9.17, 15) is 9.59 Å². The van der Waals surface area contributed by atoms with Crippen LogP contribution in [0.25, 0.3) is 11.4 Å². The van der Waals surface area contributed by atoms with E-state index in [1.165, 1.54) is 11.1 Å². The third-order valence-electron chi connectivity index (χ3n) is 6.93. The molecule has 198 valence electrons. The first-order chi connectivity index (χ1) is 18.3. The van der Waals surface area contributed by atoms with Gasteiger partial charge in [0.05, 0.1) is 5.69 Å². The van der Waals surface area contributed by atoms with Crippen molar-refractivity contribution in [3.8, 4) is 11.4 Å². The number of carbonyl (C=O) groups is 2. The van der Waals surface area contributed by atoms with Gasteiger partial charge in [0.2, 0.25) is 11.7 Å². The number of nitrogens with two attached hydrogens (primary N) is 1. The monoisotopic (exact) mass is 531 g/mol. The number of hydrogen-bond acceptors (Lipinski definition) is 7. The number of benzene rings is 2. The number of allylic oxidation sites excluding steroid dienone is 1. The van der Waals surface area contributed by atoms with Crippen molar-refractivity contribution in [1.82, 2.24) is 25.9 Å². The molecule has 1 unspecified atom stereocenters. The number of tetrazole rings is 1. The van der Waals surface area contributed by atoms with E-state index in [1.54, 1.807) is 11.8 Å². The number of carbonyl (C=O) groups excluding carboxylic acids is 2. The van der Waals surface area contributed by atoms with E-state index in [-0.39, 0.29) is 18.2 Å². The molecule has 1 aliphatic carbocycles. The minimum Gasteiger partial charge on any atom is -0.343 e. The van der Waals surface area contributed by atoms with Crippen LogP contribution in [0.15, 0.2) is 65.1 Å². The number of H-pyrrole nitrogens is 1. The fourth-order valence-electron chi connectivity index (χ4n) is 5.13. The summed E-state index contributed by atoms with van der Waals surface area (Å²) in [6.45, 7) is 4.12. The molecular weight excluding hydrogens is 498 g/mol. The van der Waals surface area contributed by atoms with E-state index in [0.717, 1.165) is 35.4 Å². The van der Waals surface area contributed by atoms with E-state index in [2.05, 4.69) is 38.1 Å². The molecule has 3 aromatic rings. The van der Waals surface area contributed by atoms with E-state index in [1.807, 2.05) is 61.2 Å². The average Bonchev–Trinajstić information content (AvgIpc) is 3.40. The molecule has 0 fully saturated rings. The number of nitrogens with zero attached hydrogens (tertiary/aromatic N) is 4. The molecule has 0 radical (unpaired) electrons. The topological polar surface area (TPSA) is 130 Å². The summed E-state index contributed by atoms with van der Waals surface area (Å²) in [5, 5.41) is 17.6. The Morgan fingerprint density at radius 3 is 2.74 bits per heavy atom. The van der Waals surface area contributed by atoms with Gasteiger partial charge < -0.3 is 16.0 Å². The van der Waals surface area contributed by atoms with Crippen LogP contribution in [0, 0.1) is 0 Å². The summed E-state index contributed by atoms with van der Waals surface area (Å²) in [7, 11) is 0. The summed E-state index contributed by atoms with van der Waals surface area (Å²) in [5.74, 6) is 1.13. The van der Waals surface area contributed by atoms with Crippen LogP contribution in [-0.4, -0.2) is 56.3 Å². The first-order valence-corrected chi connectivity index (χ1v) is 13.9. The maximum absolute atomic E-state index is 13.8. The normalized spacial score (nSPS) is 19.9. The SMILES string of the molecule is CC(C)(N)CC(=O)N[C@@H]1CSc2ccccc2N(CC2=CCC(c3ccccc3-c3nn[nH]n3)CC2)C1=O. The lowest BCUT2D eigenvalue weighted by atomic mass is 9.82. The van der Waals surface area contributed by atoms with E-state index in [4.69, 9.17) is 5.73 Å². The molecule has 0 bridgehead atoms. The van der Waals surface area contributed by atoms with Gasteiger partial charge in [0, 0.05) is 34.7 Å². The molecule has 0 saturated carbocycles. The quantitative estimate of drug-likeness (QED) is 0.395. The van der Waals surface area contributed by atoms with Gasteiger partial charge in [0.1, 0.15) is 6.04 Å². The highest BCUT2D eigenvalue weighted by Crippen LogP contribution is 2.39. The van der Waals surface area contributed by atoms with E-state index >= 15 is 0 Å². The zero-order valence-electron chi connectivity index (χ0n) is 21.7. The van der Waals surface area contributed by atoms with Crippen molar-refractivity contribution in [2.75, 3.05) is 17.2 Å². The summed E-state index contributed by atoms with van der Waals surface area (Å²) in [6, 6.07) is 15.5. The summed E-state index contributed by atoms with van der Waals surface area (Å²) in [4.78, 5) is 29.3. The number of para-hydroxylation sites is 1. The largest absolute Gasteiger partial charge is 0.343 e. The highest BCUT2D eigenvalue weighted by Gasteiger charge is 2.33. The molecule has 5 rings (SSSR count). The van der Waals surface area contributed by atoms with Crippen LogP contribution in [0.4, 0.5) is 5.69 Å². The second kappa shape index (κ2) is 11.1. The van der Waals surface area contributed by atoms with Gasteiger partial charge in [0.25, 0.3) is 5.91 Å². The molecule has 38 heavy (non-hydrogen) atoms. The minimum atomic E-state index is -0.639. The number of nitrogens with one attached hydrogen (secondary N) is 2. The van der Waals surface area contributed by atoms with Crippen molar-refractivity contribution in [2.45, 2.75) is 61.9 Å². The van der Waals surface area contributed by atoms with E-state index < -0.39 is 11.6 Å². The number of hydrogen-bond donors (Lipinski definition) is 3. The average molecular weight is 532 g/mol. The number of anilines is 1. The van der Waals surface area contributed by atoms with Crippen LogP contribution in [0.3, 0.4) is 0 Å². The Kier molecular flexibility index (Phi) is 7.62. The van der Waals surface area contributed by atoms with Gasteiger partial charge in [-0.05, 0) is 61.9 Å². The molecule has 1 aliphatic heterocycles. The predicted molar refractivity (Wildman–Crippen MR) is 149 cm³/mol. The van der Waals surface area contributed by atoms with Crippen LogP contribution >= 0.6 is 11.8 Å². The number of amides is 2. The highest BCUT2D eigenvalue weighted by atomic mass is 32.2. The van der Waals surface area contributed by atoms with Gasteiger partial charge in [0.15, 0.2) is 0 Å². The van der Waals surface area contributed by atoms with E-state index in [0.29, 0.717) is 24.0 Å². The first kappa shape index (κ1) is 26.1. The fourth-order valence-corrected chi connectivity index (χ4v) is 6.20. The van der Waals surface area contributed by atoms with Crippen LogP contribution in [-0.2, 0) is 9.59 Å². The lowest BCUT2D eigenvalue weighted by Crippen LogP contribution is -2.51. The number of thioether (sulfide) groups is 1. The third kappa shape index (κ3) is 5.97. The van der Waals surface area contributed by atoms with Gasteiger partial charge in [-0.3, -0.25) is 9.59 Å². The molecule has 2 heterocycles. The van der Waals surface area contributed by atoms with Gasteiger partial charge in [-0.2, -0.15) is 5.21 Å². The van der Waals surface area contributed by atoms with Crippen molar-refractivity contribution < 1.29 is 9.59 Å². The molecule has 0 spiro atoms. The smallest absolute Gasteiger partial charge is 0.250 e. The Hall–Kier alpha value is -3.50. The Morgan fingerprint density at radius 1 is 1.21 bits per heavy atom. The molecule has 0 saturated heterocycles. The summed E-state index contributed by atoms with van der Waals surface area (Å²) in [6.07, 6.45) is 5.13. The highest BCUT2D eigenvalue weighted by molar-refractivity contribution is 7.99. The molecule has 2 atom stereocenters. The molecule has 9 nitrogen and oxygen atoms in total. The Labute approximate surface area is 226 Å². The predicted octanol–water partition coefficient (Wildman–Crippen LogP) is 3.81. The van der Waals surface area contributed by atoms with Crippen LogP contribution in [0.2, 0.25) is 0 Å². The maximum atomic E-state index is 13.8. The zero-order valence-corrected chi connectivity index (χ0v) is 22.5. The Balaban J connectivity index is 1.34. The van der Waals surface area contributed by atoms with Crippen molar-refractivity contribution in [3.05, 3.63) is 65.7 Å². The zero-order chi connectivity index (χ0) is 26.7. The summed E-state index contributed by atoms with van der Waals surface area (Å²) in [5.41, 5.74) is 9.72. The third-order valence-corrected chi connectivity index (χ3v) is 8.09. The second-order valence-electron chi connectivity index (χ2n) is 10.6.